The van der Waals surface area contributed by atoms with E-state index in [-0.39, 0.29) is 0 Å². The molecule has 0 aliphatic heterocycles. The molecule has 0 radical (unpaired) electrons. The molecule has 0 saturated carbocycles. The summed E-state index contributed by atoms with van der Waals surface area (Å²) >= 11 is 0. The van der Waals surface area contributed by atoms with Crippen molar-refractivity contribution in [1.29, 1.82) is 0 Å². The van der Waals surface area contributed by atoms with Gasteiger partial charge in [-0.1, -0.05) is 24.3 Å². The average molecular weight is 483 g/mol. The molecule has 0 spiro atoms. The summed E-state index contributed by atoms with van der Waals surface area (Å²) < 4.78 is 26.8. The van der Waals surface area contributed by atoms with E-state index in [1.165, 1.54) is 6.33 Å². The molecular formula is C27H22N4O3S. The molecule has 1 unspecified atom stereocenters. The van der Waals surface area contributed by atoms with Gasteiger partial charge in [0.25, 0.3) is 0 Å². The van der Waals surface area contributed by atoms with Crippen LogP contribution in [0.15, 0.2) is 96.4 Å². The SMILES string of the molecule is COc1cccc(-c2ccc(-c3nccc4cc(S(=O)Nc5ccncn5)ccc34)c(OC)c2)c1. The minimum absolute atomic E-state index is 0.495. The molecule has 3 aromatic carbocycles. The van der Waals surface area contributed by atoms with Gasteiger partial charge in [-0.2, -0.15) is 0 Å². The number of aromatic nitrogens is 3. The number of ether oxygens (including phenoxy) is 2. The van der Waals surface area contributed by atoms with Crippen molar-refractivity contribution in [3.8, 4) is 33.9 Å². The maximum atomic E-state index is 12.8. The van der Waals surface area contributed by atoms with Crippen molar-refractivity contribution in [2.75, 3.05) is 18.9 Å². The molecule has 0 aliphatic rings. The highest BCUT2D eigenvalue weighted by Crippen LogP contribution is 2.37. The summed E-state index contributed by atoms with van der Waals surface area (Å²) in [6, 6.07) is 23.2. The van der Waals surface area contributed by atoms with Gasteiger partial charge in [0.2, 0.25) is 0 Å². The second-order valence-corrected chi connectivity index (χ2v) is 8.87. The second-order valence-electron chi connectivity index (χ2n) is 7.65. The number of hydrogen-bond donors (Lipinski definition) is 1. The minimum Gasteiger partial charge on any atom is -0.497 e. The van der Waals surface area contributed by atoms with Crippen molar-refractivity contribution in [3.05, 3.63) is 91.5 Å². The summed E-state index contributed by atoms with van der Waals surface area (Å²) in [6.45, 7) is 0. The Labute approximate surface area is 205 Å². The van der Waals surface area contributed by atoms with E-state index in [1.807, 2.05) is 66.7 Å². The molecule has 7 nitrogen and oxygen atoms in total. The largest absolute Gasteiger partial charge is 0.497 e. The van der Waals surface area contributed by atoms with Crippen LogP contribution >= 0.6 is 0 Å². The normalized spacial score (nSPS) is 11.7. The highest BCUT2D eigenvalue weighted by atomic mass is 32.2. The quantitative estimate of drug-likeness (QED) is 0.329. The zero-order valence-corrected chi connectivity index (χ0v) is 20.0. The third-order valence-electron chi connectivity index (χ3n) is 5.59. The number of nitrogens with one attached hydrogen (secondary N) is 1. The molecule has 1 N–H and O–H groups in total. The van der Waals surface area contributed by atoms with Gasteiger partial charge >= 0.3 is 0 Å². The fourth-order valence-corrected chi connectivity index (χ4v) is 4.71. The number of pyridine rings is 1. The summed E-state index contributed by atoms with van der Waals surface area (Å²) in [5.41, 5.74) is 3.71. The number of nitrogens with zero attached hydrogens (tertiary/aromatic N) is 3. The van der Waals surface area contributed by atoms with Crippen LogP contribution in [0, 0.1) is 0 Å². The van der Waals surface area contributed by atoms with E-state index >= 15 is 0 Å². The number of hydrogen-bond acceptors (Lipinski definition) is 6. The van der Waals surface area contributed by atoms with Gasteiger partial charge in [-0.15, -0.1) is 0 Å². The summed E-state index contributed by atoms with van der Waals surface area (Å²) in [7, 11) is 1.84. The third-order valence-corrected chi connectivity index (χ3v) is 6.67. The molecular weight excluding hydrogens is 460 g/mol. The van der Waals surface area contributed by atoms with Crippen LogP contribution in [0.3, 0.4) is 0 Å². The van der Waals surface area contributed by atoms with Gasteiger partial charge < -0.3 is 9.47 Å². The molecule has 0 bridgehead atoms. The standard InChI is InChI=1S/C27H22N4O3S/c1-33-21-5-3-4-18(14-21)19-6-8-24(25(16-19)34-2)27-23-9-7-22(15-20(23)10-13-29-27)35(32)31-26-11-12-28-17-30-26/h3-17H,1-2H3,(H,28,30,31). The number of benzene rings is 3. The van der Waals surface area contributed by atoms with E-state index in [1.54, 1.807) is 32.7 Å². The highest BCUT2D eigenvalue weighted by Gasteiger charge is 2.14. The topological polar surface area (TPSA) is 86.2 Å². The van der Waals surface area contributed by atoms with Crippen LogP contribution in [-0.4, -0.2) is 33.4 Å². The van der Waals surface area contributed by atoms with Crippen molar-refractivity contribution in [1.82, 2.24) is 15.0 Å². The number of anilines is 1. The van der Waals surface area contributed by atoms with Crippen molar-refractivity contribution in [2.24, 2.45) is 0 Å². The maximum absolute atomic E-state index is 12.8. The van der Waals surface area contributed by atoms with Gasteiger partial charge in [0.1, 0.15) is 23.6 Å². The first-order valence-electron chi connectivity index (χ1n) is 10.8. The molecule has 8 heteroatoms. The van der Waals surface area contributed by atoms with Crippen molar-refractivity contribution in [3.63, 3.8) is 0 Å². The van der Waals surface area contributed by atoms with Crippen molar-refractivity contribution in [2.45, 2.75) is 4.90 Å². The number of rotatable bonds is 7. The zero-order valence-electron chi connectivity index (χ0n) is 19.1. The van der Waals surface area contributed by atoms with E-state index in [4.69, 9.17) is 9.47 Å². The Hall–Kier alpha value is -4.30. The molecule has 0 amide bonds. The molecule has 5 aromatic rings. The molecule has 1 atom stereocenters. The molecule has 2 heterocycles. The molecule has 0 aliphatic carbocycles. The van der Waals surface area contributed by atoms with E-state index in [9.17, 15) is 4.21 Å². The summed E-state index contributed by atoms with van der Waals surface area (Å²) in [6.07, 6.45) is 4.75. The Morgan fingerprint density at radius 1 is 0.829 bits per heavy atom. The lowest BCUT2D eigenvalue weighted by atomic mass is 9.99. The van der Waals surface area contributed by atoms with Crippen LogP contribution in [0.2, 0.25) is 0 Å². The molecule has 35 heavy (non-hydrogen) atoms. The smallest absolute Gasteiger partial charge is 0.151 e. The van der Waals surface area contributed by atoms with Gasteiger partial charge in [-0.05, 0) is 65.0 Å². The Morgan fingerprint density at radius 3 is 2.51 bits per heavy atom. The fraction of sp³-hybridized carbons (Fsp3) is 0.0741. The van der Waals surface area contributed by atoms with Crippen LogP contribution in [-0.2, 0) is 11.0 Å². The van der Waals surface area contributed by atoms with E-state index < -0.39 is 11.0 Å². The Bertz CT molecular complexity index is 1530. The van der Waals surface area contributed by atoms with Crippen molar-refractivity contribution >= 4 is 27.6 Å². The monoisotopic (exact) mass is 482 g/mol. The van der Waals surface area contributed by atoms with Gasteiger partial charge in [-0.3, -0.25) is 9.71 Å². The lowest BCUT2D eigenvalue weighted by molar-refractivity contribution is 0.414. The minimum atomic E-state index is -1.47. The van der Waals surface area contributed by atoms with Gasteiger partial charge in [0.15, 0.2) is 11.0 Å². The van der Waals surface area contributed by atoms with Gasteiger partial charge in [0, 0.05) is 23.3 Å². The molecule has 2 aromatic heterocycles. The van der Waals surface area contributed by atoms with E-state index in [0.717, 1.165) is 38.9 Å². The molecule has 5 rings (SSSR count). The van der Waals surface area contributed by atoms with Gasteiger partial charge in [0.05, 0.1) is 24.8 Å². The fourth-order valence-electron chi connectivity index (χ4n) is 3.86. The van der Waals surface area contributed by atoms with E-state index in [2.05, 4.69) is 19.7 Å². The van der Waals surface area contributed by atoms with Crippen molar-refractivity contribution < 1.29 is 13.7 Å². The third kappa shape index (κ3) is 4.69. The number of methoxy groups -OCH3 is 2. The first kappa shape index (κ1) is 22.5. The Kier molecular flexibility index (Phi) is 6.36. The lowest BCUT2D eigenvalue weighted by Crippen LogP contribution is -2.06. The first-order valence-corrected chi connectivity index (χ1v) is 12.0. The predicted octanol–water partition coefficient (Wildman–Crippen LogP) is 5.51. The number of fused-ring (bicyclic) bond motifs is 1. The Balaban J connectivity index is 1.51. The van der Waals surface area contributed by atoms with Crippen LogP contribution in [0.4, 0.5) is 5.82 Å². The predicted molar refractivity (Wildman–Crippen MR) is 138 cm³/mol. The molecule has 174 valence electrons. The zero-order chi connectivity index (χ0) is 24.2. The second kappa shape index (κ2) is 9.90. The van der Waals surface area contributed by atoms with Crippen LogP contribution in [0.5, 0.6) is 11.5 Å². The average Bonchev–Trinajstić information content (AvgIpc) is 2.92. The maximum Gasteiger partial charge on any atom is 0.151 e. The first-order chi connectivity index (χ1) is 17.2. The Morgan fingerprint density at radius 2 is 1.71 bits per heavy atom. The van der Waals surface area contributed by atoms with Crippen LogP contribution < -0.4 is 14.2 Å². The van der Waals surface area contributed by atoms with Crippen LogP contribution in [0.25, 0.3) is 33.2 Å². The van der Waals surface area contributed by atoms with Gasteiger partial charge in [-0.25, -0.2) is 14.2 Å². The van der Waals surface area contributed by atoms with Crippen LogP contribution in [0.1, 0.15) is 0 Å². The summed E-state index contributed by atoms with van der Waals surface area (Å²) in [5.74, 6) is 2.00. The van der Waals surface area contributed by atoms with E-state index in [0.29, 0.717) is 16.5 Å². The lowest BCUT2D eigenvalue weighted by Gasteiger charge is -2.13. The summed E-state index contributed by atoms with van der Waals surface area (Å²) in [4.78, 5) is 13.2. The highest BCUT2D eigenvalue weighted by molar-refractivity contribution is 7.86. The molecule has 0 fully saturated rings. The summed E-state index contributed by atoms with van der Waals surface area (Å²) in [5, 5.41) is 1.85. The molecule has 0 saturated heterocycles.